The van der Waals surface area contributed by atoms with Gasteiger partial charge in [0.2, 0.25) is 12.7 Å². The number of nitrogens with one attached hydrogen (secondary N) is 1. The van der Waals surface area contributed by atoms with E-state index < -0.39 is 0 Å². The average Bonchev–Trinajstić information content (AvgIpc) is 3.14. The van der Waals surface area contributed by atoms with Crippen molar-refractivity contribution in [2.45, 2.75) is 0 Å². The molecule has 1 saturated heterocycles. The maximum absolute atomic E-state index is 12.6. The topological polar surface area (TPSA) is 71.1 Å². The van der Waals surface area contributed by atoms with E-state index in [1.54, 1.807) is 12.1 Å². The molecule has 1 aromatic rings. The lowest BCUT2D eigenvalue weighted by atomic mass is 10.2. The summed E-state index contributed by atoms with van der Waals surface area (Å²) in [6.07, 6.45) is 1.74. The maximum atomic E-state index is 12.6. The summed E-state index contributed by atoms with van der Waals surface area (Å²) in [6, 6.07) is 5.45. The predicted molar refractivity (Wildman–Crippen MR) is 104 cm³/mol. The summed E-state index contributed by atoms with van der Waals surface area (Å²) in [5.41, 5.74) is 0.810. The van der Waals surface area contributed by atoms with Crippen LogP contribution in [0.1, 0.15) is 5.56 Å². The van der Waals surface area contributed by atoms with Crippen LogP contribution >= 0.6 is 24.0 Å². The van der Waals surface area contributed by atoms with Crippen LogP contribution < -0.4 is 14.8 Å². The highest BCUT2D eigenvalue weighted by Gasteiger charge is 2.33. The molecule has 0 radical (unpaired) electrons. The van der Waals surface area contributed by atoms with Crippen LogP contribution in [0.3, 0.4) is 0 Å². The number of thiocarbonyl (C=S) groups is 1. The second kappa shape index (κ2) is 8.07. The van der Waals surface area contributed by atoms with Crippen molar-refractivity contribution in [1.29, 1.82) is 0 Å². The number of likely N-dealkylation sites (N-methyl/N-ethyl adjacent to an activating group) is 1. The van der Waals surface area contributed by atoms with Gasteiger partial charge in [-0.25, -0.2) is 0 Å². The summed E-state index contributed by atoms with van der Waals surface area (Å²) in [6.45, 7) is 1.38. The van der Waals surface area contributed by atoms with Crippen molar-refractivity contribution in [3.05, 3.63) is 28.7 Å². The number of hydrogen-bond donors (Lipinski definition) is 1. The molecule has 2 aliphatic rings. The predicted octanol–water partition coefficient (Wildman–Crippen LogP) is 1.29. The number of carbonyl (C=O) groups excluding carboxylic acids is 2. The van der Waals surface area contributed by atoms with Crippen LogP contribution in [0.4, 0.5) is 0 Å². The third-order valence-corrected chi connectivity index (χ3v) is 5.13. The first-order valence-corrected chi connectivity index (χ1v) is 9.23. The largest absolute Gasteiger partial charge is 0.454 e. The van der Waals surface area contributed by atoms with Crippen LogP contribution in [0.25, 0.3) is 6.08 Å². The first-order valence-electron chi connectivity index (χ1n) is 8.00. The standard InChI is InChI=1S/C17H19N3O4S2/c1-19(2)6-5-18-15(21)9-20-16(22)14(26-17(20)25)8-11-3-4-12-13(7-11)24-10-23-12/h3-4,7-8H,5-6,9-10H2,1-2H3,(H,18,21)/b14-8-. The number of nitrogens with zero attached hydrogens (tertiary/aromatic N) is 2. The number of amides is 2. The van der Waals surface area contributed by atoms with Gasteiger partial charge in [0.1, 0.15) is 10.9 Å². The highest BCUT2D eigenvalue weighted by atomic mass is 32.2. The molecule has 0 spiro atoms. The molecular formula is C17H19N3O4S2. The fourth-order valence-electron chi connectivity index (χ4n) is 2.41. The van der Waals surface area contributed by atoms with Crippen LogP contribution in [0, 0.1) is 0 Å². The SMILES string of the molecule is CN(C)CCNC(=O)CN1C(=O)/C(=C/c2ccc3c(c2)OCO3)SC1=S. The van der Waals surface area contributed by atoms with E-state index in [4.69, 9.17) is 21.7 Å². The number of benzene rings is 1. The van der Waals surface area contributed by atoms with Gasteiger partial charge in [-0.15, -0.1) is 0 Å². The highest BCUT2D eigenvalue weighted by molar-refractivity contribution is 8.26. The van der Waals surface area contributed by atoms with Gasteiger partial charge >= 0.3 is 0 Å². The second-order valence-corrected chi connectivity index (χ2v) is 7.71. The molecule has 1 N–H and O–H groups in total. The zero-order chi connectivity index (χ0) is 18.7. The molecular weight excluding hydrogens is 374 g/mol. The minimum Gasteiger partial charge on any atom is -0.454 e. The molecule has 7 nitrogen and oxygen atoms in total. The summed E-state index contributed by atoms with van der Waals surface area (Å²) in [4.78, 5) is 28.4. The van der Waals surface area contributed by atoms with Gasteiger partial charge in [0.05, 0.1) is 4.91 Å². The van der Waals surface area contributed by atoms with Crippen molar-refractivity contribution in [1.82, 2.24) is 15.1 Å². The third kappa shape index (κ3) is 4.35. The molecule has 3 rings (SSSR count). The molecule has 2 aliphatic heterocycles. The number of carbonyl (C=O) groups is 2. The number of ether oxygens (including phenoxy) is 2. The summed E-state index contributed by atoms with van der Waals surface area (Å²) in [5.74, 6) is 0.839. The Labute approximate surface area is 161 Å². The van der Waals surface area contributed by atoms with Gasteiger partial charge in [-0.2, -0.15) is 0 Å². The summed E-state index contributed by atoms with van der Waals surface area (Å²) >= 11 is 6.45. The average molecular weight is 393 g/mol. The van der Waals surface area contributed by atoms with E-state index in [1.807, 2.05) is 31.1 Å². The van der Waals surface area contributed by atoms with Gasteiger partial charge < -0.3 is 19.7 Å². The Morgan fingerprint density at radius 1 is 1.38 bits per heavy atom. The fraction of sp³-hybridized carbons (Fsp3) is 0.353. The van der Waals surface area contributed by atoms with Gasteiger partial charge in [-0.3, -0.25) is 14.5 Å². The van der Waals surface area contributed by atoms with Gasteiger partial charge in [-0.1, -0.05) is 30.0 Å². The zero-order valence-corrected chi connectivity index (χ0v) is 16.1. The van der Waals surface area contributed by atoms with Crippen LogP contribution in [-0.4, -0.2) is 66.5 Å². The Balaban J connectivity index is 1.64. The molecule has 2 amide bonds. The lowest BCUT2D eigenvalue weighted by Crippen LogP contribution is -2.41. The maximum Gasteiger partial charge on any atom is 0.266 e. The smallest absolute Gasteiger partial charge is 0.266 e. The van der Waals surface area contributed by atoms with Crippen molar-refractivity contribution < 1.29 is 19.1 Å². The van der Waals surface area contributed by atoms with Crippen molar-refractivity contribution in [3.8, 4) is 11.5 Å². The van der Waals surface area contributed by atoms with E-state index in [9.17, 15) is 9.59 Å². The summed E-state index contributed by atoms with van der Waals surface area (Å²) < 4.78 is 11.0. The highest BCUT2D eigenvalue weighted by Crippen LogP contribution is 2.36. The Morgan fingerprint density at radius 3 is 2.92 bits per heavy atom. The van der Waals surface area contributed by atoms with E-state index in [2.05, 4.69) is 5.32 Å². The van der Waals surface area contributed by atoms with Crippen molar-refractivity contribution in [3.63, 3.8) is 0 Å². The number of fused-ring (bicyclic) bond motifs is 1. The first-order chi connectivity index (χ1) is 12.4. The summed E-state index contributed by atoms with van der Waals surface area (Å²) in [5, 5.41) is 2.78. The molecule has 0 aromatic heterocycles. The van der Waals surface area contributed by atoms with Crippen LogP contribution in [-0.2, 0) is 9.59 Å². The van der Waals surface area contributed by atoms with Gasteiger partial charge in [0, 0.05) is 13.1 Å². The van der Waals surface area contributed by atoms with Crippen molar-refractivity contribution >= 4 is 46.2 Å². The molecule has 0 saturated carbocycles. The number of hydrogen-bond acceptors (Lipinski definition) is 7. The molecule has 1 aromatic carbocycles. The molecule has 0 unspecified atom stereocenters. The van der Waals surface area contributed by atoms with E-state index >= 15 is 0 Å². The molecule has 0 bridgehead atoms. The third-order valence-electron chi connectivity index (χ3n) is 3.75. The zero-order valence-electron chi connectivity index (χ0n) is 14.5. The second-order valence-electron chi connectivity index (χ2n) is 6.03. The quantitative estimate of drug-likeness (QED) is 0.577. The van der Waals surface area contributed by atoms with Gasteiger partial charge in [0.25, 0.3) is 5.91 Å². The molecule has 1 fully saturated rings. The van der Waals surface area contributed by atoms with E-state index in [0.717, 1.165) is 12.1 Å². The Kier molecular flexibility index (Phi) is 5.80. The number of thioether (sulfide) groups is 1. The Morgan fingerprint density at radius 2 is 2.15 bits per heavy atom. The lowest BCUT2D eigenvalue weighted by Gasteiger charge is -2.15. The fourth-order valence-corrected chi connectivity index (χ4v) is 3.66. The van der Waals surface area contributed by atoms with E-state index in [-0.39, 0.29) is 25.2 Å². The first kappa shape index (κ1) is 18.7. The van der Waals surface area contributed by atoms with Crippen LogP contribution in [0.5, 0.6) is 11.5 Å². The van der Waals surface area contributed by atoms with E-state index in [0.29, 0.717) is 27.3 Å². The molecule has 2 heterocycles. The minimum absolute atomic E-state index is 0.0728. The normalized spacial score (nSPS) is 17.5. The monoisotopic (exact) mass is 393 g/mol. The van der Waals surface area contributed by atoms with Crippen molar-refractivity contribution in [2.24, 2.45) is 0 Å². The van der Waals surface area contributed by atoms with Crippen molar-refractivity contribution in [2.75, 3.05) is 40.5 Å². The minimum atomic E-state index is -0.263. The Bertz CT molecular complexity index is 779. The number of rotatable bonds is 6. The molecule has 26 heavy (non-hydrogen) atoms. The summed E-state index contributed by atoms with van der Waals surface area (Å²) in [7, 11) is 3.85. The lowest BCUT2D eigenvalue weighted by molar-refractivity contribution is -0.128. The molecule has 0 aliphatic carbocycles. The Hall–Kier alpha value is -2.10. The molecule has 138 valence electrons. The molecule has 0 atom stereocenters. The van der Waals surface area contributed by atoms with Gasteiger partial charge in [-0.05, 0) is 37.9 Å². The van der Waals surface area contributed by atoms with Gasteiger partial charge in [0.15, 0.2) is 11.5 Å². The van der Waals surface area contributed by atoms with Crippen LogP contribution in [0.15, 0.2) is 23.1 Å². The van der Waals surface area contributed by atoms with Crippen LogP contribution in [0.2, 0.25) is 0 Å². The van der Waals surface area contributed by atoms with E-state index in [1.165, 1.54) is 16.7 Å². The molecule has 9 heteroatoms.